The Balaban J connectivity index is 3.00. The molecular weight excluding hydrogens is 185 g/mol. The maximum absolute atomic E-state index is 11.6. The number of alkyl halides is 3. The highest BCUT2D eigenvalue weighted by Crippen LogP contribution is 2.18. The number of rotatable bonds is 7. The second-order valence-electron chi connectivity index (χ2n) is 2.59. The fourth-order valence-corrected chi connectivity index (χ4v) is 0.654. The second-order valence-corrected chi connectivity index (χ2v) is 2.59. The molecule has 0 aliphatic rings. The van der Waals surface area contributed by atoms with E-state index in [0.29, 0.717) is 13.2 Å². The first-order valence-corrected chi connectivity index (χ1v) is 4.28. The first-order valence-electron chi connectivity index (χ1n) is 4.28. The number of halogens is 3. The molecule has 0 spiro atoms. The van der Waals surface area contributed by atoms with Crippen LogP contribution in [0, 0.1) is 0 Å². The minimum absolute atomic E-state index is 0.232. The summed E-state index contributed by atoms with van der Waals surface area (Å²) >= 11 is 0. The van der Waals surface area contributed by atoms with E-state index in [4.69, 9.17) is 9.47 Å². The second kappa shape index (κ2) is 7.15. The van der Waals surface area contributed by atoms with Crippen LogP contribution in [0.2, 0.25) is 0 Å². The predicted molar refractivity (Wildman–Crippen MR) is 42.6 cm³/mol. The molecule has 80 valence electrons. The van der Waals surface area contributed by atoms with Gasteiger partial charge in [-0.15, -0.1) is 0 Å². The van der Waals surface area contributed by atoms with E-state index in [1.807, 2.05) is 6.92 Å². The quantitative estimate of drug-likeness (QED) is 0.587. The van der Waals surface area contributed by atoms with Gasteiger partial charge in [0.25, 0.3) is 0 Å². The average Bonchev–Trinajstić information content (AvgIpc) is 2.01. The molecule has 0 aromatic carbocycles. The first-order chi connectivity index (χ1) is 6.06. The van der Waals surface area contributed by atoms with Crippen LogP contribution in [0.15, 0.2) is 0 Å². The van der Waals surface area contributed by atoms with Crippen LogP contribution in [0.3, 0.4) is 0 Å². The summed E-state index contributed by atoms with van der Waals surface area (Å²) in [4.78, 5) is 0. The summed E-state index contributed by atoms with van der Waals surface area (Å²) in [6.07, 6.45) is -4.10. The third-order valence-corrected chi connectivity index (χ3v) is 1.25. The molecule has 0 fully saturated rings. The summed E-state index contributed by atoms with van der Waals surface area (Å²) in [7, 11) is 0. The third kappa shape index (κ3) is 11.7. The van der Waals surface area contributed by atoms with Crippen molar-refractivity contribution in [3.63, 3.8) is 0 Å². The molecule has 0 aliphatic heterocycles. The van der Waals surface area contributed by atoms with Crippen molar-refractivity contribution in [2.75, 3.05) is 26.4 Å². The largest absolute Gasteiger partial charge is 0.391 e. The summed E-state index contributed by atoms with van der Waals surface area (Å²) in [6.45, 7) is 2.91. The number of ether oxygens (including phenoxy) is 2. The monoisotopic (exact) mass is 200 g/mol. The lowest BCUT2D eigenvalue weighted by molar-refractivity contribution is -0.146. The minimum atomic E-state index is -4.12. The van der Waals surface area contributed by atoms with E-state index in [1.165, 1.54) is 0 Å². The van der Waals surface area contributed by atoms with Gasteiger partial charge in [0.1, 0.15) is 0 Å². The van der Waals surface area contributed by atoms with E-state index in [2.05, 4.69) is 0 Å². The Bertz CT molecular complexity index is 114. The maximum atomic E-state index is 11.6. The van der Waals surface area contributed by atoms with Gasteiger partial charge in [-0.1, -0.05) is 6.92 Å². The molecule has 0 N–H and O–H groups in total. The Labute approximate surface area is 76.0 Å². The van der Waals surface area contributed by atoms with Crippen molar-refractivity contribution in [3.8, 4) is 0 Å². The van der Waals surface area contributed by atoms with Crippen LogP contribution in [0.4, 0.5) is 13.2 Å². The average molecular weight is 200 g/mol. The molecule has 0 rings (SSSR count). The molecule has 0 atom stereocenters. The van der Waals surface area contributed by atoms with Crippen molar-refractivity contribution in [1.82, 2.24) is 0 Å². The van der Waals surface area contributed by atoms with E-state index in [-0.39, 0.29) is 13.2 Å². The Hall–Kier alpha value is -0.290. The fourth-order valence-electron chi connectivity index (χ4n) is 0.654. The topological polar surface area (TPSA) is 18.5 Å². The molecule has 0 heterocycles. The van der Waals surface area contributed by atoms with Gasteiger partial charge >= 0.3 is 6.18 Å². The molecule has 0 aromatic rings. The van der Waals surface area contributed by atoms with E-state index in [9.17, 15) is 13.2 Å². The van der Waals surface area contributed by atoms with E-state index in [0.717, 1.165) is 6.42 Å². The predicted octanol–water partition coefficient (Wildman–Crippen LogP) is 2.38. The Morgan fingerprint density at radius 3 is 1.92 bits per heavy atom. The van der Waals surface area contributed by atoms with Crippen molar-refractivity contribution in [2.45, 2.75) is 25.9 Å². The van der Waals surface area contributed by atoms with Gasteiger partial charge in [-0.3, -0.25) is 0 Å². The lowest BCUT2D eigenvalue weighted by Crippen LogP contribution is -2.13. The van der Waals surface area contributed by atoms with Crippen LogP contribution in [-0.2, 0) is 9.47 Å². The molecule has 0 unspecified atom stereocenters. The fraction of sp³-hybridized carbons (Fsp3) is 1.00. The SMILES string of the molecule is CCCOCCOCCC(F)(F)F. The zero-order valence-electron chi connectivity index (χ0n) is 7.69. The summed E-state index contributed by atoms with van der Waals surface area (Å²) < 4.78 is 44.4. The van der Waals surface area contributed by atoms with Crippen LogP contribution in [-0.4, -0.2) is 32.6 Å². The molecule has 0 amide bonds. The smallest absolute Gasteiger partial charge is 0.379 e. The number of hydrogen-bond acceptors (Lipinski definition) is 2. The van der Waals surface area contributed by atoms with Crippen LogP contribution < -0.4 is 0 Å². The van der Waals surface area contributed by atoms with Crippen LogP contribution in [0.5, 0.6) is 0 Å². The van der Waals surface area contributed by atoms with Gasteiger partial charge in [0.15, 0.2) is 0 Å². The van der Waals surface area contributed by atoms with Gasteiger partial charge in [-0.25, -0.2) is 0 Å². The number of hydrogen-bond donors (Lipinski definition) is 0. The molecule has 2 nitrogen and oxygen atoms in total. The summed E-state index contributed by atoms with van der Waals surface area (Å²) in [5, 5.41) is 0. The van der Waals surface area contributed by atoms with Gasteiger partial charge in [0.2, 0.25) is 0 Å². The molecule has 0 bridgehead atoms. The first kappa shape index (κ1) is 12.7. The van der Waals surface area contributed by atoms with Gasteiger partial charge in [-0.2, -0.15) is 13.2 Å². The van der Waals surface area contributed by atoms with Gasteiger partial charge in [0, 0.05) is 6.61 Å². The van der Waals surface area contributed by atoms with Crippen LogP contribution in [0.25, 0.3) is 0 Å². The third-order valence-electron chi connectivity index (χ3n) is 1.25. The Morgan fingerprint density at radius 1 is 0.923 bits per heavy atom. The Kier molecular flexibility index (Phi) is 6.99. The minimum Gasteiger partial charge on any atom is -0.379 e. The van der Waals surface area contributed by atoms with Gasteiger partial charge < -0.3 is 9.47 Å². The van der Waals surface area contributed by atoms with Crippen molar-refractivity contribution in [1.29, 1.82) is 0 Å². The molecule has 13 heavy (non-hydrogen) atoms. The molecule has 0 saturated carbocycles. The standard InChI is InChI=1S/C8H15F3O2/c1-2-4-12-6-7-13-5-3-8(9,10)11/h2-7H2,1H3. The Morgan fingerprint density at radius 2 is 1.46 bits per heavy atom. The summed E-state index contributed by atoms with van der Waals surface area (Å²) in [5.74, 6) is 0. The van der Waals surface area contributed by atoms with Crippen molar-refractivity contribution in [2.24, 2.45) is 0 Å². The van der Waals surface area contributed by atoms with Crippen LogP contribution in [0.1, 0.15) is 19.8 Å². The van der Waals surface area contributed by atoms with Crippen molar-refractivity contribution < 1.29 is 22.6 Å². The zero-order valence-corrected chi connectivity index (χ0v) is 7.69. The molecule has 0 saturated heterocycles. The van der Waals surface area contributed by atoms with Crippen molar-refractivity contribution in [3.05, 3.63) is 0 Å². The molecular formula is C8H15F3O2. The van der Waals surface area contributed by atoms with Gasteiger partial charge in [0.05, 0.1) is 26.2 Å². The lowest BCUT2D eigenvalue weighted by Gasteiger charge is -2.07. The van der Waals surface area contributed by atoms with E-state index < -0.39 is 12.6 Å². The highest BCUT2D eigenvalue weighted by atomic mass is 19.4. The molecule has 0 radical (unpaired) electrons. The summed E-state index contributed by atoms with van der Waals surface area (Å²) in [6, 6.07) is 0. The van der Waals surface area contributed by atoms with Gasteiger partial charge in [-0.05, 0) is 6.42 Å². The normalized spacial score (nSPS) is 12.0. The lowest BCUT2D eigenvalue weighted by atomic mass is 10.4. The highest BCUT2D eigenvalue weighted by Gasteiger charge is 2.26. The van der Waals surface area contributed by atoms with Crippen LogP contribution >= 0.6 is 0 Å². The summed E-state index contributed by atoms with van der Waals surface area (Å²) in [5.41, 5.74) is 0. The van der Waals surface area contributed by atoms with E-state index in [1.54, 1.807) is 0 Å². The molecule has 5 heteroatoms. The van der Waals surface area contributed by atoms with Crippen molar-refractivity contribution >= 4 is 0 Å². The molecule has 0 aromatic heterocycles. The zero-order chi connectivity index (χ0) is 10.2. The maximum Gasteiger partial charge on any atom is 0.391 e. The highest BCUT2D eigenvalue weighted by molar-refractivity contribution is 4.47. The molecule has 0 aliphatic carbocycles. The van der Waals surface area contributed by atoms with E-state index >= 15 is 0 Å².